The van der Waals surface area contributed by atoms with E-state index in [1.54, 1.807) is 18.2 Å². The number of carbonyl (C=O) groups is 1. The number of hydrogen-bond donors (Lipinski definition) is 3. The number of para-hydroxylation sites is 1. The molecule has 0 aromatic heterocycles. The van der Waals surface area contributed by atoms with Gasteiger partial charge in [-0.25, -0.2) is 4.39 Å². The third kappa shape index (κ3) is 4.22. The molecule has 5 nitrogen and oxygen atoms in total. The molecule has 0 saturated carbocycles. The van der Waals surface area contributed by atoms with Crippen LogP contribution in [0.3, 0.4) is 0 Å². The number of nitrogens with zero attached hydrogens (tertiary/aromatic N) is 1. The summed E-state index contributed by atoms with van der Waals surface area (Å²) in [5.41, 5.74) is 6.25. The van der Waals surface area contributed by atoms with Crippen molar-refractivity contribution in [1.82, 2.24) is 0 Å². The van der Waals surface area contributed by atoms with E-state index in [9.17, 15) is 9.18 Å². The monoisotopic (exact) mass is 330 g/mol. The van der Waals surface area contributed by atoms with Crippen LogP contribution in [0.1, 0.15) is 0 Å². The summed E-state index contributed by atoms with van der Waals surface area (Å²) in [6, 6.07) is 12.2. The molecule has 1 amide bonds. The fourth-order valence-electron chi connectivity index (χ4n) is 1.70. The number of amides is 1. The Kier molecular flexibility index (Phi) is 5.18. The molecule has 2 rings (SSSR count). The van der Waals surface area contributed by atoms with Crippen LogP contribution in [0.15, 0.2) is 54.2 Å². The number of nitrogens with two attached hydrogens (primary N) is 1. The van der Waals surface area contributed by atoms with Gasteiger partial charge in [-0.2, -0.15) is 5.26 Å². The van der Waals surface area contributed by atoms with Crippen molar-refractivity contribution in [2.75, 3.05) is 16.4 Å². The van der Waals surface area contributed by atoms with Crippen molar-refractivity contribution in [2.24, 2.45) is 0 Å². The van der Waals surface area contributed by atoms with Gasteiger partial charge in [-0.05, 0) is 30.3 Å². The molecule has 0 fully saturated rings. The minimum Gasteiger partial charge on any atom is -0.399 e. The van der Waals surface area contributed by atoms with Crippen LogP contribution in [-0.4, -0.2) is 5.91 Å². The summed E-state index contributed by atoms with van der Waals surface area (Å²) < 4.78 is 13.5. The first-order valence-electron chi connectivity index (χ1n) is 6.49. The van der Waals surface area contributed by atoms with Crippen LogP contribution in [0.5, 0.6) is 0 Å². The third-order valence-corrected chi connectivity index (χ3v) is 3.16. The average molecular weight is 331 g/mol. The summed E-state index contributed by atoms with van der Waals surface area (Å²) in [6.07, 6.45) is 1.12. The fraction of sp³-hybridized carbons (Fsp3) is 0. The number of anilines is 3. The minimum absolute atomic E-state index is 0.151. The van der Waals surface area contributed by atoms with Crippen LogP contribution in [-0.2, 0) is 4.79 Å². The van der Waals surface area contributed by atoms with Crippen LogP contribution >= 0.6 is 11.6 Å². The maximum Gasteiger partial charge on any atom is 0.267 e. The van der Waals surface area contributed by atoms with Crippen LogP contribution in [0.25, 0.3) is 0 Å². The Labute approximate surface area is 137 Å². The Morgan fingerprint density at radius 3 is 2.65 bits per heavy atom. The van der Waals surface area contributed by atoms with Crippen molar-refractivity contribution >= 4 is 34.6 Å². The summed E-state index contributed by atoms with van der Waals surface area (Å²) >= 11 is 5.95. The second-order valence-corrected chi connectivity index (χ2v) is 4.89. The minimum atomic E-state index is -0.678. The Balaban J connectivity index is 2.14. The molecule has 0 spiro atoms. The molecule has 4 N–H and O–H groups in total. The zero-order chi connectivity index (χ0) is 16.8. The molecule has 23 heavy (non-hydrogen) atoms. The predicted molar refractivity (Wildman–Crippen MR) is 88.2 cm³/mol. The number of halogens is 2. The van der Waals surface area contributed by atoms with E-state index in [0.717, 1.165) is 6.20 Å². The van der Waals surface area contributed by atoms with Gasteiger partial charge in [0.2, 0.25) is 0 Å². The van der Waals surface area contributed by atoms with Gasteiger partial charge in [0.1, 0.15) is 17.5 Å². The molecule has 0 unspecified atom stereocenters. The molecule has 0 atom stereocenters. The highest BCUT2D eigenvalue weighted by Gasteiger charge is 2.11. The second-order valence-electron chi connectivity index (χ2n) is 4.49. The van der Waals surface area contributed by atoms with Crippen molar-refractivity contribution in [3.05, 3.63) is 65.1 Å². The number of benzene rings is 2. The number of nitrogens with one attached hydrogen (secondary N) is 2. The molecule has 0 bridgehead atoms. The molecule has 2 aromatic carbocycles. The Morgan fingerprint density at radius 1 is 1.26 bits per heavy atom. The summed E-state index contributed by atoms with van der Waals surface area (Å²) in [5.74, 6) is -1.17. The van der Waals surface area contributed by atoms with Gasteiger partial charge in [0.25, 0.3) is 5.91 Å². The van der Waals surface area contributed by atoms with Crippen molar-refractivity contribution in [1.29, 1.82) is 5.26 Å². The fourth-order valence-corrected chi connectivity index (χ4v) is 1.94. The Hall–Kier alpha value is -3.04. The highest BCUT2D eigenvalue weighted by atomic mass is 35.5. The van der Waals surface area contributed by atoms with Gasteiger partial charge in [0, 0.05) is 11.9 Å². The standard InChI is InChI=1S/C16H12ClFN4O/c17-12-7-11(20)5-6-14(12)22-16(23)10(8-19)9-21-15-4-2-1-3-13(15)18/h1-7,9,21H,20H2,(H,22,23)/b10-9-. The first kappa shape index (κ1) is 16.3. The number of nitrogen functional groups attached to an aromatic ring is 1. The maximum atomic E-state index is 13.5. The first-order valence-corrected chi connectivity index (χ1v) is 6.87. The quantitative estimate of drug-likeness (QED) is 0.454. The van der Waals surface area contributed by atoms with Crippen LogP contribution in [0.4, 0.5) is 21.5 Å². The SMILES string of the molecule is N#C/C(=C/Nc1ccccc1F)C(=O)Nc1ccc(N)cc1Cl. The summed E-state index contributed by atoms with van der Waals surface area (Å²) in [7, 11) is 0. The molecule has 0 aliphatic heterocycles. The van der Waals surface area contributed by atoms with Gasteiger partial charge in [-0.3, -0.25) is 4.79 Å². The first-order chi connectivity index (χ1) is 11.0. The van der Waals surface area contributed by atoms with E-state index >= 15 is 0 Å². The average Bonchev–Trinajstić information content (AvgIpc) is 2.52. The third-order valence-electron chi connectivity index (χ3n) is 2.85. The second kappa shape index (κ2) is 7.29. The summed E-state index contributed by atoms with van der Waals surface area (Å²) in [5, 5.41) is 14.4. The largest absolute Gasteiger partial charge is 0.399 e. The van der Waals surface area contributed by atoms with Gasteiger partial charge in [0.05, 0.1) is 16.4 Å². The number of hydrogen-bond acceptors (Lipinski definition) is 4. The van der Waals surface area contributed by atoms with E-state index in [-0.39, 0.29) is 16.3 Å². The predicted octanol–water partition coefficient (Wildman–Crippen LogP) is 3.52. The molecule has 0 aliphatic rings. The zero-order valence-corrected chi connectivity index (χ0v) is 12.6. The lowest BCUT2D eigenvalue weighted by molar-refractivity contribution is -0.112. The molecule has 0 saturated heterocycles. The summed E-state index contributed by atoms with van der Waals surface area (Å²) in [4.78, 5) is 12.1. The maximum absolute atomic E-state index is 13.5. The normalized spacial score (nSPS) is 10.7. The molecular weight excluding hydrogens is 319 g/mol. The molecule has 7 heteroatoms. The summed E-state index contributed by atoms with van der Waals surface area (Å²) in [6.45, 7) is 0. The Morgan fingerprint density at radius 2 is 2.00 bits per heavy atom. The van der Waals surface area contributed by atoms with E-state index in [0.29, 0.717) is 11.4 Å². The van der Waals surface area contributed by atoms with Gasteiger partial charge in [0.15, 0.2) is 0 Å². The van der Waals surface area contributed by atoms with E-state index in [1.807, 2.05) is 0 Å². The number of rotatable bonds is 4. The molecule has 116 valence electrons. The topological polar surface area (TPSA) is 90.9 Å². The number of nitriles is 1. The van der Waals surface area contributed by atoms with Crippen LogP contribution in [0, 0.1) is 17.1 Å². The highest BCUT2D eigenvalue weighted by molar-refractivity contribution is 6.34. The van der Waals surface area contributed by atoms with E-state index < -0.39 is 11.7 Å². The highest BCUT2D eigenvalue weighted by Crippen LogP contribution is 2.24. The Bertz CT molecular complexity index is 814. The van der Waals surface area contributed by atoms with Crippen LogP contribution in [0.2, 0.25) is 5.02 Å². The van der Waals surface area contributed by atoms with Crippen molar-refractivity contribution in [2.45, 2.75) is 0 Å². The lowest BCUT2D eigenvalue weighted by Crippen LogP contribution is -2.15. The molecular formula is C16H12ClFN4O. The van der Waals surface area contributed by atoms with E-state index in [2.05, 4.69) is 10.6 Å². The van der Waals surface area contributed by atoms with E-state index in [4.69, 9.17) is 22.6 Å². The van der Waals surface area contributed by atoms with Crippen LogP contribution < -0.4 is 16.4 Å². The van der Waals surface area contributed by atoms with E-state index in [1.165, 1.54) is 30.3 Å². The number of carbonyl (C=O) groups excluding carboxylic acids is 1. The smallest absolute Gasteiger partial charge is 0.267 e. The lowest BCUT2D eigenvalue weighted by Gasteiger charge is -2.08. The lowest BCUT2D eigenvalue weighted by atomic mass is 10.2. The van der Waals surface area contributed by atoms with Gasteiger partial charge >= 0.3 is 0 Å². The van der Waals surface area contributed by atoms with Gasteiger partial charge in [-0.1, -0.05) is 23.7 Å². The van der Waals surface area contributed by atoms with Crippen molar-refractivity contribution < 1.29 is 9.18 Å². The molecule has 0 heterocycles. The molecule has 2 aromatic rings. The van der Waals surface area contributed by atoms with Gasteiger partial charge < -0.3 is 16.4 Å². The molecule has 0 radical (unpaired) electrons. The van der Waals surface area contributed by atoms with Crippen molar-refractivity contribution in [3.63, 3.8) is 0 Å². The zero-order valence-electron chi connectivity index (χ0n) is 11.8. The molecule has 0 aliphatic carbocycles. The van der Waals surface area contributed by atoms with Crippen molar-refractivity contribution in [3.8, 4) is 6.07 Å². The van der Waals surface area contributed by atoms with Gasteiger partial charge in [-0.15, -0.1) is 0 Å².